The second kappa shape index (κ2) is 8.20. The molecule has 1 saturated heterocycles. The Hall–Kier alpha value is -2.94. The van der Waals surface area contributed by atoms with Gasteiger partial charge in [-0.3, -0.25) is 9.59 Å². The van der Waals surface area contributed by atoms with Gasteiger partial charge in [0.25, 0.3) is 11.8 Å². The highest BCUT2D eigenvalue weighted by molar-refractivity contribution is 6.31. The summed E-state index contributed by atoms with van der Waals surface area (Å²) in [5, 5.41) is 5.23. The molecule has 1 aromatic heterocycles. The number of likely N-dealkylation sites (tertiary alicyclic amines) is 1. The lowest BCUT2D eigenvalue weighted by molar-refractivity contribution is -0.128. The van der Waals surface area contributed by atoms with E-state index in [9.17, 15) is 18.4 Å². The number of rotatable bonds is 5. The molecule has 2 atom stereocenters. The summed E-state index contributed by atoms with van der Waals surface area (Å²) in [6.07, 6.45) is 2.49. The van der Waals surface area contributed by atoms with Crippen LogP contribution in [0, 0.1) is 0 Å². The molecule has 1 unspecified atom stereocenters. The Balaban J connectivity index is 1.66. The van der Waals surface area contributed by atoms with Crippen LogP contribution in [-0.2, 0) is 24.2 Å². The first-order valence-electron chi connectivity index (χ1n) is 10.3. The summed E-state index contributed by atoms with van der Waals surface area (Å²) in [4.78, 5) is 25.4. The number of primary amides is 1. The molecule has 4 rings (SSSR count). The van der Waals surface area contributed by atoms with Crippen LogP contribution in [-0.4, -0.2) is 45.0 Å². The minimum Gasteiger partial charge on any atom is -0.383 e. The summed E-state index contributed by atoms with van der Waals surface area (Å²) >= 11 is 6.30. The lowest BCUT2D eigenvalue weighted by atomic mass is 9.81. The molecule has 2 aromatic rings. The number of benzene rings is 1. The number of nitrogens with two attached hydrogens (primary N) is 2. The molecule has 170 valence electrons. The molecule has 0 bridgehead atoms. The van der Waals surface area contributed by atoms with E-state index in [1.807, 2.05) is 18.2 Å². The van der Waals surface area contributed by atoms with Crippen LogP contribution in [0.25, 0.3) is 0 Å². The molecule has 2 heterocycles. The molecule has 32 heavy (non-hydrogen) atoms. The highest BCUT2D eigenvalue weighted by Crippen LogP contribution is 2.38. The predicted octanol–water partition coefficient (Wildman–Crippen LogP) is 2.91. The molecule has 1 aromatic carbocycles. The quantitative estimate of drug-likeness (QED) is 0.664. The van der Waals surface area contributed by atoms with Gasteiger partial charge >= 0.3 is 0 Å². The van der Waals surface area contributed by atoms with Crippen molar-refractivity contribution < 1.29 is 18.4 Å². The van der Waals surface area contributed by atoms with Gasteiger partial charge in [-0.05, 0) is 42.5 Å². The summed E-state index contributed by atoms with van der Waals surface area (Å²) in [5.74, 6) is -4.44. The highest BCUT2D eigenvalue weighted by Gasteiger charge is 2.47. The minimum atomic E-state index is -3.02. The summed E-state index contributed by atoms with van der Waals surface area (Å²) < 4.78 is 29.4. The van der Waals surface area contributed by atoms with Crippen LogP contribution < -0.4 is 11.5 Å². The van der Waals surface area contributed by atoms with E-state index in [-0.39, 0.29) is 23.8 Å². The Morgan fingerprint density at radius 1 is 1.38 bits per heavy atom. The number of hydrogen-bond donors (Lipinski definition) is 2. The average molecular weight is 464 g/mol. The SMILES string of the molecule is C=CC(=O)N1CC(F)(F)C[C@H]1Cn1nc(C2CCc3c(Cl)cccc3C2)c(C(N)=O)c1N. The zero-order valence-corrected chi connectivity index (χ0v) is 18.1. The second-order valence-electron chi connectivity index (χ2n) is 8.39. The monoisotopic (exact) mass is 463 g/mol. The standard InChI is InChI=1S/C22H24ClF2N5O2/c1-2-17(31)29-11-22(24,25)9-14(29)10-30-20(26)18(21(27)32)19(28-30)13-6-7-15-12(8-13)4-3-5-16(15)23/h2-5,13-14H,1,6-11,26H2,(H2,27,32)/t13?,14-/m0/s1. The fourth-order valence-corrected chi connectivity index (χ4v) is 5.09. The number of alkyl halides is 2. The van der Waals surface area contributed by atoms with Crippen molar-refractivity contribution in [3.05, 3.63) is 58.3 Å². The maximum atomic E-state index is 14.0. The molecule has 1 aliphatic heterocycles. The predicted molar refractivity (Wildman–Crippen MR) is 117 cm³/mol. The van der Waals surface area contributed by atoms with Crippen LogP contribution in [0.3, 0.4) is 0 Å². The fraction of sp³-hybridized carbons (Fsp3) is 0.409. The lowest BCUT2D eigenvalue weighted by Gasteiger charge is -2.24. The van der Waals surface area contributed by atoms with Crippen molar-refractivity contribution >= 4 is 29.2 Å². The van der Waals surface area contributed by atoms with Gasteiger partial charge < -0.3 is 16.4 Å². The fourth-order valence-electron chi connectivity index (χ4n) is 4.80. The zero-order chi connectivity index (χ0) is 23.2. The third-order valence-corrected chi connectivity index (χ3v) is 6.65. The summed E-state index contributed by atoms with van der Waals surface area (Å²) in [6, 6.07) is 4.86. The van der Waals surface area contributed by atoms with Gasteiger partial charge in [-0.1, -0.05) is 30.3 Å². The van der Waals surface area contributed by atoms with E-state index in [1.165, 1.54) is 4.68 Å². The minimum absolute atomic E-state index is 0.0191. The van der Waals surface area contributed by atoms with Gasteiger partial charge in [-0.15, -0.1) is 0 Å². The van der Waals surface area contributed by atoms with Gasteiger partial charge in [0.15, 0.2) is 0 Å². The molecule has 2 aliphatic rings. The molecule has 4 N–H and O–H groups in total. The number of anilines is 1. The molecule has 1 fully saturated rings. The zero-order valence-electron chi connectivity index (χ0n) is 17.4. The van der Waals surface area contributed by atoms with E-state index in [1.54, 1.807) is 0 Å². The van der Waals surface area contributed by atoms with Crippen LogP contribution in [0.1, 0.15) is 45.9 Å². The molecule has 7 nitrogen and oxygen atoms in total. The summed E-state index contributed by atoms with van der Waals surface area (Å²) in [7, 11) is 0. The van der Waals surface area contributed by atoms with Gasteiger partial charge in [0.05, 0.1) is 24.8 Å². The number of nitrogens with zero attached hydrogens (tertiary/aromatic N) is 3. The van der Waals surface area contributed by atoms with Crippen molar-refractivity contribution in [2.75, 3.05) is 12.3 Å². The van der Waals surface area contributed by atoms with E-state index in [4.69, 9.17) is 23.1 Å². The molecule has 1 aliphatic carbocycles. The van der Waals surface area contributed by atoms with E-state index < -0.39 is 36.7 Å². The number of carbonyl (C=O) groups excluding carboxylic acids is 2. The molecule has 0 saturated carbocycles. The van der Waals surface area contributed by atoms with Crippen LogP contribution in [0.2, 0.25) is 5.02 Å². The third-order valence-electron chi connectivity index (χ3n) is 6.29. The normalized spacial score (nSPS) is 21.9. The van der Waals surface area contributed by atoms with Crippen molar-refractivity contribution in [3.8, 4) is 0 Å². The van der Waals surface area contributed by atoms with Crippen molar-refractivity contribution in [2.45, 2.75) is 50.1 Å². The molecular weight excluding hydrogens is 440 g/mol. The number of nitrogen functional groups attached to an aromatic ring is 1. The Bertz CT molecular complexity index is 1100. The Kier molecular flexibility index (Phi) is 5.70. The first-order valence-corrected chi connectivity index (χ1v) is 10.7. The van der Waals surface area contributed by atoms with Crippen LogP contribution >= 0.6 is 11.6 Å². The van der Waals surface area contributed by atoms with Crippen molar-refractivity contribution in [1.29, 1.82) is 0 Å². The largest absolute Gasteiger partial charge is 0.383 e. The van der Waals surface area contributed by atoms with Crippen molar-refractivity contribution in [3.63, 3.8) is 0 Å². The Morgan fingerprint density at radius 3 is 2.81 bits per heavy atom. The highest BCUT2D eigenvalue weighted by atomic mass is 35.5. The van der Waals surface area contributed by atoms with Crippen molar-refractivity contribution in [2.24, 2.45) is 5.73 Å². The molecule has 0 spiro atoms. The third kappa shape index (κ3) is 3.97. The maximum Gasteiger partial charge on any atom is 0.267 e. The van der Waals surface area contributed by atoms with Gasteiger partial charge in [-0.2, -0.15) is 5.10 Å². The van der Waals surface area contributed by atoms with Gasteiger partial charge in [0.1, 0.15) is 11.4 Å². The Labute approximate surface area is 189 Å². The summed E-state index contributed by atoms with van der Waals surface area (Å²) in [6.45, 7) is 2.62. The van der Waals surface area contributed by atoms with Crippen molar-refractivity contribution in [1.82, 2.24) is 14.7 Å². The van der Waals surface area contributed by atoms with E-state index >= 15 is 0 Å². The van der Waals surface area contributed by atoms with Crippen LogP contribution in [0.15, 0.2) is 30.9 Å². The average Bonchev–Trinajstić information content (AvgIpc) is 3.23. The van der Waals surface area contributed by atoms with Gasteiger partial charge in [0.2, 0.25) is 5.91 Å². The topological polar surface area (TPSA) is 107 Å². The summed E-state index contributed by atoms with van der Waals surface area (Å²) in [5.41, 5.74) is 14.5. The first kappa shape index (κ1) is 22.3. The molecular formula is C22H24ClF2N5O2. The number of aromatic nitrogens is 2. The second-order valence-corrected chi connectivity index (χ2v) is 8.80. The molecule has 0 radical (unpaired) electrons. The van der Waals surface area contributed by atoms with Gasteiger partial charge in [0, 0.05) is 17.4 Å². The van der Waals surface area contributed by atoms with E-state index in [0.717, 1.165) is 22.1 Å². The molecule has 10 heteroatoms. The van der Waals surface area contributed by atoms with E-state index in [2.05, 4.69) is 11.7 Å². The lowest BCUT2D eigenvalue weighted by Crippen LogP contribution is -2.38. The number of halogens is 3. The van der Waals surface area contributed by atoms with E-state index in [0.29, 0.717) is 30.0 Å². The smallest absolute Gasteiger partial charge is 0.267 e. The number of hydrogen-bond acceptors (Lipinski definition) is 4. The van der Waals surface area contributed by atoms with Gasteiger partial charge in [-0.25, -0.2) is 13.5 Å². The molecule has 2 amide bonds. The Morgan fingerprint density at radius 2 is 2.12 bits per heavy atom. The number of carbonyl (C=O) groups is 2. The first-order chi connectivity index (χ1) is 15.1. The number of amides is 2. The maximum absolute atomic E-state index is 14.0. The van der Waals surface area contributed by atoms with Crippen LogP contribution in [0.5, 0.6) is 0 Å². The number of fused-ring (bicyclic) bond motifs is 1. The van der Waals surface area contributed by atoms with Crippen LogP contribution in [0.4, 0.5) is 14.6 Å².